The van der Waals surface area contributed by atoms with Crippen molar-refractivity contribution in [3.05, 3.63) is 59.1 Å². The number of benzene rings is 2. The average Bonchev–Trinajstić information content (AvgIpc) is 3.15. The Hall–Kier alpha value is -3.26. The standard InChI is InChI=1S/C21H21N3O4S/c1-13(20-23-17-6-4-5-7-18(17)29-20)24(3)19(26)12-28-21(27)15-8-10-16(11-9-15)22-14(2)25/h4-11,13H,12H2,1-3H3,(H,22,25)/t13-/m1/s1. The van der Waals surface area contributed by atoms with Crippen molar-refractivity contribution in [2.75, 3.05) is 19.0 Å². The van der Waals surface area contributed by atoms with Crippen molar-refractivity contribution in [2.45, 2.75) is 19.9 Å². The topological polar surface area (TPSA) is 88.6 Å². The Morgan fingerprint density at radius 2 is 1.83 bits per heavy atom. The third-order valence-corrected chi connectivity index (χ3v) is 5.62. The van der Waals surface area contributed by atoms with Gasteiger partial charge in [-0.05, 0) is 43.3 Å². The van der Waals surface area contributed by atoms with Crippen LogP contribution in [-0.4, -0.2) is 41.3 Å². The predicted molar refractivity (Wildman–Crippen MR) is 112 cm³/mol. The summed E-state index contributed by atoms with van der Waals surface area (Å²) in [5.74, 6) is -1.12. The van der Waals surface area contributed by atoms with Crippen LogP contribution >= 0.6 is 11.3 Å². The molecule has 0 saturated heterocycles. The molecule has 0 aliphatic rings. The number of hydrogen-bond acceptors (Lipinski definition) is 6. The Morgan fingerprint density at radius 1 is 1.14 bits per heavy atom. The van der Waals surface area contributed by atoms with E-state index in [-0.39, 0.29) is 24.5 Å². The van der Waals surface area contributed by atoms with Crippen LogP contribution in [-0.2, 0) is 14.3 Å². The second kappa shape index (κ2) is 8.83. The lowest BCUT2D eigenvalue weighted by molar-refractivity contribution is -0.135. The number of likely N-dealkylation sites (N-methyl/N-ethyl adjacent to an activating group) is 1. The van der Waals surface area contributed by atoms with Crippen LogP contribution in [0.15, 0.2) is 48.5 Å². The smallest absolute Gasteiger partial charge is 0.338 e. The zero-order valence-corrected chi connectivity index (χ0v) is 17.2. The number of nitrogens with one attached hydrogen (secondary N) is 1. The van der Waals surface area contributed by atoms with Gasteiger partial charge in [-0.1, -0.05) is 12.1 Å². The molecule has 29 heavy (non-hydrogen) atoms. The highest BCUT2D eigenvalue weighted by Gasteiger charge is 2.22. The number of carbonyl (C=O) groups excluding carboxylic acids is 3. The number of para-hydroxylation sites is 1. The summed E-state index contributed by atoms with van der Waals surface area (Å²) < 4.78 is 6.20. The fourth-order valence-electron chi connectivity index (χ4n) is 2.66. The number of anilines is 1. The maximum atomic E-state index is 12.5. The summed E-state index contributed by atoms with van der Waals surface area (Å²) in [6.45, 7) is 2.93. The van der Waals surface area contributed by atoms with Crippen LogP contribution in [0.1, 0.15) is 35.3 Å². The number of carbonyl (C=O) groups is 3. The normalized spacial score (nSPS) is 11.7. The Balaban J connectivity index is 1.57. The number of nitrogens with zero attached hydrogens (tertiary/aromatic N) is 2. The van der Waals surface area contributed by atoms with Gasteiger partial charge in [0.2, 0.25) is 5.91 Å². The number of fused-ring (bicyclic) bond motifs is 1. The number of esters is 1. The third kappa shape index (κ3) is 4.97. The van der Waals surface area contributed by atoms with Gasteiger partial charge in [0.15, 0.2) is 6.61 Å². The van der Waals surface area contributed by atoms with E-state index >= 15 is 0 Å². The van der Waals surface area contributed by atoms with E-state index in [0.717, 1.165) is 15.2 Å². The summed E-state index contributed by atoms with van der Waals surface area (Å²) in [7, 11) is 1.66. The molecule has 7 nitrogen and oxygen atoms in total. The fourth-order valence-corrected chi connectivity index (χ4v) is 3.72. The van der Waals surface area contributed by atoms with E-state index in [1.165, 1.54) is 35.3 Å². The highest BCUT2D eigenvalue weighted by Crippen LogP contribution is 2.28. The molecule has 1 atom stereocenters. The highest BCUT2D eigenvalue weighted by atomic mass is 32.1. The van der Waals surface area contributed by atoms with Crippen LogP contribution in [0.4, 0.5) is 5.69 Å². The number of ether oxygens (including phenoxy) is 1. The van der Waals surface area contributed by atoms with Gasteiger partial charge in [0.1, 0.15) is 5.01 Å². The van der Waals surface area contributed by atoms with E-state index in [4.69, 9.17) is 4.74 Å². The van der Waals surface area contributed by atoms with Crippen LogP contribution in [0.5, 0.6) is 0 Å². The first-order chi connectivity index (χ1) is 13.8. The van der Waals surface area contributed by atoms with Gasteiger partial charge in [0, 0.05) is 19.7 Å². The second-order valence-corrected chi connectivity index (χ2v) is 7.60. The van der Waals surface area contributed by atoms with E-state index in [2.05, 4.69) is 10.3 Å². The molecule has 0 saturated carbocycles. The molecule has 0 fully saturated rings. The summed E-state index contributed by atoms with van der Waals surface area (Å²) in [6.07, 6.45) is 0. The van der Waals surface area contributed by atoms with Gasteiger partial charge in [0.25, 0.3) is 5.91 Å². The maximum Gasteiger partial charge on any atom is 0.338 e. The Labute approximate surface area is 172 Å². The van der Waals surface area contributed by atoms with Gasteiger partial charge in [-0.15, -0.1) is 11.3 Å². The average molecular weight is 411 g/mol. The van der Waals surface area contributed by atoms with Crippen molar-refractivity contribution in [3.8, 4) is 0 Å². The molecule has 0 bridgehead atoms. The Morgan fingerprint density at radius 3 is 2.48 bits per heavy atom. The molecule has 1 N–H and O–H groups in total. The molecule has 2 amide bonds. The molecule has 0 aliphatic carbocycles. The summed E-state index contributed by atoms with van der Waals surface area (Å²) in [4.78, 5) is 41.8. The molecule has 1 aromatic heterocycles. The lowest BCUT2D eigenvalue weighted by atomic mass is 10.2. The fraction of sp³-hybridized carbons (Fsp3) is 0.238. The van der Waals surface area contributed by atoms with Crippen LogP contribution in [0.25, 0.3) is 10.2 Å². The Bertz CT molecular complexity index is 1010. The highest BCUT2D eigenvalue weighted by molar-refractivity contribution is 7.18. The molecule has 8 heteroatoms. The van der Waals surface area contributed by atoms with Gasteiger partial charge in [-0.3, -0.25) is 9.59 Å². The minimum absolute atomic E-state index is 0.198. The molecule has 2 aromatic carbocycles. The molecular weight excluding hydrogens is 390 g/mol. The number of thiazole rings is 1. The van der Waals surface area contributed by atoms with Crippen LogP contribution in [0.2, 0.25) is 0 Å². The molecule has 0 radical (unpaired) electrons. The van der Waals surface area contributed by atoms with Gasteiger partial charge in [0.05, 0.1) is 21.8 Å². The van der Waals surface area contributed by atoms with E-state index < -0.39 is 5.97 Å². The molecule has 0 unspecified atom stereocenters. The molecule has 0 aliphatic heterocycles. The second-order valence-electron chi connectivity index (χ2n) is 6.54. The lowest BCUT2D eigenvalue weighted by Crippen LogP contribution is -2.33. The number of rotatable bonds is 6. The zero-order chi connectivity index (χ0) is 21.0. The van der Waals surface area contributed by atoms with Crippen molar-refractivity contribution >= 4 is 45.0 Å². The first-order valence-corrected chi connectivity index (χ1v) is 9.82. The number of amides is 2. The van der Waals surface area contributed by atoms with Crippen LogP contribution in [0, 0.1) is 0 Å². The summed E-state index contributed by atoms with van der Waals surface area (Å²) in [5, 5.41) is 3.44. The summed E-state index contributed by atoms with van der Waals surface area (Å²) >= 11 is 1.54. The van der Waals surface area contributed by atoms with Gasteiger partial charge in [-0.25, -0.2) is 9.78 Å². The first-order valence-electron chi connectivity index (χ1n) is 9.01. The van der Waals surface area contributed by atoms with Crippen molar-refractivity contribution in [2.24, 2.45) is 0 Å². The van der Waals surface area contributed by atoms with Crippen molar-refractivity contribution in [1.29, 1.82) is 0 Å². The van der Waals surface area contributed by atoms with Crippen molar-refractivity contribution in [1.82, 2.24) is 9.88 Å². The van der Waals surface area contributed by atoms with Crippen LogP contribution < -0.4 is 5.32 Å². The van der Waals surface area contributed by atoms with Gasteiger partial charge >= 0.3 is 5.97 Å². The number of aromatic nitrogens is 1. The van der Waals surface area contributed by atoms with Crippen molar-refractivity contribution < 1.29 is 19.1 Å². The lowest BCUT2D eigenvalue weighted by Gasteiger charge is -2.23. The van der Waals surface area contributed by atoms with Gasteiger partial charge in [-0.2, -0.15) is 0 Å². The van der Waals surface area contributed by atoms with Gasteiger partial charge < -0.3 is 15.0 Å². The minimum atomic E-state index is -0.603. The van der Waals surface area contributed by atoms with E-state index in [1.54, 1.807) is 19.2 Å². The molecule has 3 rings (SSSR count). The van der Waals surface area contributed by atoms with E-state index in [0.29, 0.717) is 11.3 Å². The maximum absolute atomic E-state index is 12.5. The Kier molecular flexibility index (Phi) is 6.23. The first kappa shape index (κ1) is 20.5. The molecule has 1 heterocycles. The summed E-state index contributed by atoms with van der Waals surface area (Å²) in [5.41, 5.74) is 1.78. The molecule has 150 valence electrons. The molecular formula is C21H21N3O4S. The largest absolute Gasteiger partial charge is 0.452 e. The number of hydrogen-bond donors (Lipinski definition) is 1. The molecule has 0 spiro atoms. The van der Waals surface area contributed by atoms with Crippen molar-refractivity contribution in [3.63, 3.8) is 0 Å². The predicted octanol–water partition coefficient (Wildman–Crippen LogP) is 3.63. The summed E-state index contributed by atoms with van der Waals surface area (Å²) in [6, 6.07) is 13.8. The van der Waals surface area contributed by atoms with E-state index in [9.17, 15) is 14.4 Å². The molecule has 3 aromatic rings. The third-order valence-electron chi connectivity index (χ3n) is 4.41. The quantitative estimate of drug-likeness (QED) is 0.626. The SMILES string of the molecule is CC(=O)Nc1ccc(C(=O)OCC(=O)N(C)[C@H](C)c2nc3ccccc3s2)cc1. The monoisotopic (exact) mass is 411 g/mol. The van der Waals surface area contributed by atoms with E-state index in [1.807, 2.05) is 31.2 Å². The van der Waals surface area contributed by atoms with Crippen LogP contribution in [0.3, 0.4) is 0 Å². The minimum Gasteiger partial charge on any atom is -0.452 e. The zero-order valence-electron chi connectivity index (χ0n) is 16.3.